The zero-order chi connectivity index (χ0) is 24.6. The Morgan fingerprint density at radius 1 is 0.917 bits per heavy atom. The van der Waals surface area contributed by atoms with Gasteiger partial charge in [0.05, 0.1) is 17.3 Å². The van der Waals surface area contributed by atoms with Gasteiger partial charge in [-0.3, -0.25) is 4.79 Å². The molecule has 0 atom stereocenters. The van der Waals surface area contributed by atoms with E-state index in [2.05, 4.69) is 10.1 Å². The highest BCUT2D eigenvalue weighted by molar-refractivity contribution is 7.15. The molecule has 9 heteroatoms. The third-order valence-electron chi connectivity index (χ3n) is 5.70. The third kappa shape index (κ3) is 4.06. The highest BCUT2D eigenvalue weighted by Gasteiger charge is 2.15. The summed E-state index contributed by atoms with van der Waals surface area (Å²) in [5.74, 6) is 1.24. The molecule has 3 heterocycles. The Morgan fingerprint density at radius 2 is 1.64 bits per heavy atom. The summed E-state index contributed by atoms with van der Waals surface area (Å²) < 4.78 is 8.97. The van der Waals surface area contributed by atoms with Crippen molar-refractivity contribution in [2.75, 3.05) is 7.11 Å². The number of methoxy groups -OCH3 is 1. The second-order valence-electron chi connectivity index (χ2n) is 7.99. The minimum atomic E-state index is -0.226. The van der Waals surface area contributed by atoms with Crippen molar-refractivity contribution in [3.63, 3.8) is 0 Å². The minimum absolute atomic E-state index is 0.226. The van der Waals surface area contributed by atoms with E-state index in [0.29, 0.717) is 20.3 Å². The normalized spacial score (nSPS) is 11.9. The Balaban J connectivity index is 1.47. The zero-order valence-corrected chi connectivity index (χ0v) is 20.6. The first kappa shape index (κ1) is 22.2. The predicted molar refractivity (Wildman–Crippen MR) is 142 cm³/mol. The number of ether oxygens (including phenoxy) is 1. The molecule has 7 nitrogen and oxygen atoms in total. The summed E-state index contributed by atoms with van der Waals surface area (Å²) >= 11 is 7.27. The smallest absolute Gasteiger partial charge is 0.291 e. The Labute approximate surface area is 214 Å². The van der Waals surface area contributed by atoms with Gasteiger partial charge in [0.15, 0.2) is 5.82 Å². The molecule has 6 aromatic rings. The highest BCUT2D eigenvalue weighted by Crippen LogP contribution is 2.26. The minimum Gasteiger partial charge on any atom is -0.497 e. The summed E-state index contributed by atoms with van der Waals surface area (Å²) in [6, 6.07) is 24.7. The lowest BCUT2D eigenvalue weighted by Gasteiger charge is -2.02. The van der Waals surface area contributed by atoms with Crippen LogP contribution in [-0.2, 0) is 0 Å². The molecule has 0 aliphatic heterocycles. The molecule has 3 aromatic heterocycles. The highest BCUT2D eigenvalue weighted by atomic mass is 35.5. The van der Waals surface area contributed by atoms with Crippen molar-refractivity contribution in [3.8, 4) is 34.1 Å². The van der Waals surface area contributed by atoms with E-state index in [1.807, 2.05) is 83.7 Å². The van der Waals surface area contributed by atoms with E-state index in [4.69, 9.17) is 21.4 Å². The van der Waals surface area contributed by atoms with Gasteiger partial charge in [-0.2, -0.15) is 14.6 Å². The number of para-hydroxylation sites is 1. The second kappa shape index (κ2) is 9.07. The van der Waals surface area contributed by atoms with E-state index in [9.17, 15) is 4.79 Å². The molecule has 36 heavy (non-hydrogen) atoms. The van der Waals surface area contributed by atoms with Gasteiger partial charge >= 0.3 is 0 Å². The van der Waals surface area contributed by atoms with Gasteiger partial charge in [0.1, 0.15) is 11.4 Å². The Morgan fingerprint density at radius 3 is 2.33 bits per heavy atom. The van der Waals surface area contributed by atoms with E-state index in [-0.39, 0.29) is 5.56 Å². The standard InChI is InChI=1S/C27H18ClN5O2S/c1-35-22-13-9-17(10-14-22)24-19(16-32(30-24)21-5-3-2-4-6-21)15-23-26(34)33-27(36-23)29-25(31-33)18-7-11-20(28)12-8-18/h2-16H,1H3/b23-15-. The van der Waals surface area contributed by atoms with Crippen molar-refractivity contribution in [1.29, 1.82) is 0 Å². The van der Waals surface area contributed by atoms with E-state index in [0.717, 1.165) is 33.8 Å². The molecule has 6 rings (SSSR count). The molecule has 3 aromatic carbocycles. The molecular weight excluding hydrogens is 494 g/mol. The van der Waals surface area contributed by atoms with Gasteiger partial charge in [0.2, 0.25) is 4.96 Å². The number of thiazole rings is 1. The number of aromatic nitrogens is 5. The molecule has 0 aliphatic rings. The van der Waals surface area contributed by atoms with Crippen molar-refractivity contribution < 1.29 is 4.74 Å². The SMILES string of the molecule is COc1ccc(-c2nn(-c3ccccc3)cc2/C=c2\sc3nc(-c4ccc(Cl)cc4)nn3c2=O)cc1. The maximum Gasteiger partial charge on any atom is 0.291 e. The average Bonchev–Trinajstić information content (AvgIpc) is 3.60. The van der Waals surface area contributed by atoms with Crippen LogP contribution in [0.15, 0.2) is 89.9 Å². The lowest BCUT2D eigenvalue weighted by Crippen LogP contribution is -2.23. The third-order valence-corrected chi connectivity index (χ3v) is 6.91. The first-order valence-corrected chi connectivity index (χ1v) is 12.3. The van der Waals surface area contributed by atoms with Crippen molar-refractivity contribution in [3.05, 3.63) is 111 Å². The van der Waals surface area contributed by atoms with Crippen LogP contribution in [0.5, 0.6) is 5.75 Å². The lowest BCUT2D eigenvalue weighted by molar-refractivity contribution is 0.415. The van der Waals surface area contributed by atoms with Crippen LogP contribution in [0, 0.1) is 0 Å². The van der Waals surface area contributed by atoms with Gasteiger partial charge in [-0.05, 0) is 66.7 Å². The van der Waals surface area contributed by atoms with E-state index in [1.54, 1.807) is 19.2 Å². The molecule has 0 saturated heterocycles. The number of hydrogen-bond donors (Lipinski definition) is 0. The van der Waals surface area contributed by atoms with Crippen LogP contribution < -0.4 is 14.8 Å². The summed E-state index contributed by atoms with van der Waals surface area (Å²) in [6.07, 6.45) is 3.76. The van der Waals surface area contributed by atoms with Crippen LogP contribution in [-0.4, -0.2) is 31.5 Å². The Hall–Kier alpha value is -4.27. The van der Waals surface area contributed by atoms with E-state index < -0.39 is 0 Å². The van der Waals surface area contributed by atoms with Gasteiger partial charge in [-0.15, -0.1) is 5.10 Å². The number of rotatable bonds is 5. The fourth-order valence-electron chi connectivity index (χ4n) is 3.88. The van der Waals surface area contributed by atoms with Gasteiger partial charge in [0, 0.05) is 27.9 Å². The number of halogens is 1. The molecule has 0 bridgehead atoms. The van der Waals surface area contributed by atoms with Crippen molar-refractivity contribution >= 4 is 34.0 Å². The molecule has 0 unspecified atom stereocenters. The maximum atomic E-state index is 13.2. The van der Waals surface area contributed by atoms with Gasteiger partial charge in [0.25, 0.3) is 5.56 Å². The summed E-state index contributed by atoms with van der Waals surface area (Å²) in [5, 5.41) is 9.89. The number of benzene rings is 3. The zero-order valence-electron chi connectivity index (χ0n) is 19.0. The largest absolute Gasteiger partial charge is 0.497 e. The maximum absolute atomic E-state index is 13.2. The molecule has 0 amide bonds. The Bertz CT molecular complexity index is 1790. The fourth-order valence-corrected chi connectivity index (χ4v) is 4.90. The van der Waals surface area contributed by atoms with Gasteiger partial charge in [-0.25, -0.2) is 4.68 Å². The number of fused-ring (bicyclic) bond motifs is 1. The topological polar surface area (TPSA) is 74.3 Å². The van der Waals surface area contributed by atoms with Gasteiger partial charge < -0.3 is 4.74 Å². The van der Waals surface area contributed by atoms with E-state index >= 15 is 0 Å². The van der Waals surface area contributed by atoms with Gasteiger partial charge in [-0.1, -0.05) is 41.1 Å². The van der Waals surface area contributed by atoms with Crippen molar-refractivity contribution in [2.45, 2.75) is 0 Å². The Kier molecular flexibility index (Phi) is 5.59. The molecule has 0 N–H and O–H groups in total. The number of nitrogens with zero attached hydrogens (tertiary/aromatic N) is 5. The first-order valence-electron chi connectivity index (χ1n) is 11.1. The van der Waals surface area contributed by atoms with Crippen molar-refractivity contribution in [1.82, 2.24) is 24.4 Å². The van der Waals surface area contributed by atoms with Crippen LogP contribution in [0.2, 0.25) is 5.02 Å². The summed E-state index contributed by atoms with van der Waals surface area (Å²) in [6.45, 7) is 0. The van der Waals surface area contributed by atoms with E-state index in [1.165, 1.54) is 15.9 Å². The summed E-state index contributed by atoms with van der Waals surface area (Å²) in [4.78, 5) is 18.3. The summed E-state index contributed by atoms with van der Waals surface area (Å²) in [5.41, 5.74) is 3.96. The quantitative estimate of drug-likeness (QED) is 0.330. The van der Waals surface area contributed by atoms with Crippen molar-refractivity contribution in [2.24, 2.45) is 0 Å². The molecule has 176 valence electrons. The van der Waals surface area contributed by atoms with Crippen LogP contribution in [0.25, 0.3) is 39.4 Å². The van der Waals surface area contributed by atoms with Crippen LogP contribution in [0.4, 0.5) is 0 Å². The molecule has 0 radical (unpaired) electrons. The van der Waals surface area contributed by atoms with Crippen LogP contribution in [0.1, 0.15) is 5.56 Å². The molecular formula is C27H18ClN5O2S. The lowest BCUT2D eigenvalue weighted by atomic mass is 10.1. The first-order chi connectivity index (χ1) is 17.6. The molecule has 0 saturated carbocycles. The predicted octanol–water partition coefficient (Wildman–Crippen LogP) is 4.88. The average molecular weight is 512 g/mol. The molecule has 0 aliphatic carbocycles. The number of hydrogen-bond acceptors (Lipinski definition) is 6. The fraction of sp³-hybridized carbons (Fsp3) is 0.0370. The molecule has 0 spiro atoms. The monoisotopic (exact) mass is 511 g/mol. The van der Waals surface area contributed by atoms with Crippen LogP contribution >= 0.6 is 22.9 Å². The second-order valence-corrected chi connectivity index (χ2v) is 9.44. The summed E-state index contributed by atoms with van der Waals surface area (Å²) in [7, 11) is 1.63. The molecule has 0 fully saturated rings. The van der Waals surface area contributed by atoms with Crippen LogP contribution in [0.3, 0.4) is 0 Å².